The second kappa shape index (κ2) is 5.65. The predicted octanol–water partition coefficient (Wildman–Crippen LogP) is 2.22. The SMILES string of the molecule is CN(C(=O)O)c1cc2ccn(-c3ccc(N)cn3)c(=O)c2cc1F. The molecule has 0 saturated heterocycles. The zero-order chi connectivity index (χ0) is 17.4. The van der Waals surface area contributed by atoms with Gasteiger partial charge < -0.3 is 10.8 Å². The van der Waals surface area contributed by atoms with Crippen LogP contribution in [0.4, 0.5) is 20.6 Å². The highest BCUT2D eigenvalue weighted by atomic mass is 19.1. The van der Waals surface area contributed by atoms with E-state index in [1.54, 1.807) is 18.2 Å². The van der Waals surface area contributed by atoms with Gasteiger partial charge in [0.05, 0.1) is 23.0 Å². The van der Waals surface area contributed by atoms with Gasteiger partial charge in [0.25, 0.3) is 5.56 Å². The number of nitrogens with two attached hydrogens (primary N) is 1. The minimum Gasteiger partial charge on any atom is -0.465 e. The van der Waals surface area contributed by atoms with Crippen molar-refractivity contribution in [1.82, 2.24) is 9.55 Å². The van der Waals surface area contributed by atoms with Crippen LogP contribution < -0.4 is 16.2 Å². The number of fused-ring (bicyclic) bond motifs is 1. The van der Waals surface area contributed by atoms with Crippen molar-refractivity contribution in [3.63, 3.8) is 0 Å². The Bertz CT molecular complexity index is 999. The molecule has 0 radical (unpaired) electrons. The van der Waals surface area contributed by atoms with Crippen molar-refractivity contribution in [3.8, 4) is 5.82 Å². The molecule has 2 heterocycles. The van der Waals surface area contributed by atoms with Crippen LogP contribution in [0.25, 0.3) is 16.6 Å². The number of pyridine rings is 2. The van der Waals surface area contributed by atoms with Crippen LogP contribution >= 0.6 is 0 Å². The molecule has 0 aliphatic rings. The van der Waals surface area contributed by atoms with Crippen molar-refractivity contribution in [2.24, 2.45) is 0 Å². The molecule has 122 valence electrons. The first kappa shape index (κ1) is 15.5. The van der Waals surface area contributed by atoms with Gasteiger partial charge in [-0.25, -0.2) is 14.2 Å². The number of nitrogen functional groups attached to an aromatic ring is 1. The Morgan fingerprint density at radius 1 is 1.33 bits per heavy atom. The summed E-state index contributed by atoms with van der Waals surface area (Å²) in [6.07, 6.45) is 1.61. The fourth-order valence-corrected chi connectivity index (χ4v) is 2.33. The summed E-state index contributed by atoms with van der Waals surface area (Å²) < 4.78 is 15.5. The van der Waals surface area contributed by atoms with E-state index in [0.29, 0.717) is 16.9 Å². The van der Waals surface area contributed by atoms with Crippen LogP contribution in [-0.4, -0.2) is 27.8 Å². The normalized spacial score (nSPS) is 10.8. The number of hydrogen-bond acceptors (Lipinski definition) is 4. The third kappa shape index (κ3) is 2.54. The van der Waals surface area contributed by atoms with Crippen molar-refractivity contribution >= 4 is 28.2 Å². The maximum atomic E-state index is 14.2. The largest absolute Gasteiger partial charge is 0.465 e. The van der Waals surface area contributed by atoms with E-state index in [9.17, 15) is 14.0 Å². The lowest BCUT2D eigenvalue weighted by atomic mass is 10.1. The molecular weight excluding hydrogens is 315 g/mol. The number of carboxylic acid groups (broad SMARTS) is 1. The molecule has 8 heteroatoms. The van der Waals surface area contributed by atoms with E-state index in [-0.39, 0.29) is 11.1 Å². The van der Waals surface area contributed by atoms with Gasteiger partial charge in [-0.05, 0) is 35.7 Å². The molecule has 0 fully saturated rings. The number of amides is 1. The average Bonchev–Trinajstić information content (AvgIpc) is 2.55. The average molecular weight is 328 g/mol. The molecule has 0 spiro atoms. The molecule has 0 aliphatic carbocycles. The minimum atomic E-state index is -1.30. The molecule has 3 N–H and O–H groups in total. The summed E-state index contributed by atoms with van der Waals surface area (Å²) in [6, 6.07) is 7.12. The van der Waals surface area contributed by atoms with E-state index >= 15 is 0 Å². The number of aromatic nitrogens is 2. The van der Waals surface area contributed by atoms with Crippen LogP contribution in [0.1, 0.15) is 0 Å². The fraction of sp³-hybridized carbons (Fsp3) is 0.0625. The number of benzene rings is 1. The summed E-state index contributed by atoms with van der Waals surface area (Å²) in [7, 11) is 1.23. The van der Waals surface area contributed by atoms with Crippen molar-refractivity contribution in [1.29, 1.82) is 0 Å². The van der Waals surface area contributed by atoms with Crippen LogP contribution in [0, 0.1) is 5.82 Å². The first-order valence-electron chi connectivity index (χ1n) is 6.92. The Balaban J connectivity index is 2.20. The second-order valence-electron chi connectivity index (χ2n) is 5.17. The highest BCUT2D eigenvalue weighted by Crippen LogP contribution is 2.24. The first-order chi connectivity index (χ1) is 11.4. The number of nitrogens with zero attached hydrogens (tertiary/aromatic N) is 3. The van der Waals surface area contributed by atoms with Gasteiger partial charge in [0.1, 0.15) is 11.6 Å². The van der Waals surface area contributed by atoms with Crippen molar-refractivity contribution in [2.45, 2.75) is 0 Å². The smallest absolute Gasteiger partial charge is 0.411 e. The third-order valence-electron chi connectivity index (χ3n) is 3.64. The van der Waals surface area contributed by atoms with Gasteiger partial charge in [-0.1, -0.05) is 0 Å². The van der Waals surface area contributed by atoms with E-state index in [4.69, 9.17) is 10.8 Å². The molecule has 0 unspecified atom stereocenters. The first-order valence-corrected chi connectivity index (χ1v) is 6.92. The molecule has 7 nitrogen and oxygen atoms in total. The van der Waals surface area contributed by atoms with Crippen molar-refractivity contribution in [2.75, 3.05) is 17.7 Å². The van der Waals surface area contributed by atoms with Gasteiger partial charge in [0, 0.05) is 13.2 Å². The maximum Gasteiger partial charge on any atom is 0.411 e. The summed E-state index contributed by atoms with van der Waals surface area (Å²) >= 11 is 0. The molecule has 0 bridgehead atoms. The van der Waals surface area contributed by atoms with E-state index in [2.05, 4.69) is 4.98 Å². The standard InChI is InChI=1S/C16H13FN4O3/c1-20(16(23)24)13-6-9-4-5-21(14-3-2-10(18)8-19-14)15(22)11(9)7-12(13)17/h2-8H,18H2,1H3,(H,23,24). The summed E-state index contributed by atoms with van der Waals surface area (Å²) in [6.45, 7) is 0. The van der Waals surface area contributed by atoms with Crippen molar-refractivity contribution in [3.05, 3.63) is 58.9 Å². The topological polar surface area (TPSA) is 101 Å². The van der Waals surface area contributed by atoms with Gasteiger partial charge in [-0.2, -0.15) is 0 Å². The lowest BCUT2D eigenvalue weighted by Gasteiger charge is -2.15. The number of hydrogen-bond donors (Lipinski definition) is 2. The monoisotopic (exact) mass is 328 g/mol. The summed E-state index contributed by atoms with van der Waals surface area (Å²) in [5.74, 6) is -0.448. The lowest BCUT2D eigenvalue weighted by Crippen LogP contribution is -2.25. The van der Waals surface area contributed by atoms with Gasteiger partial charge in [0.2, 0.25) is 0 Å². The quantitative estimate of drug-likeness (QED) is 0.751. The number of rotatable bonds is 2. The summed E-state index contributed by atoms with van der Waals surface area (Å²) in [5.41, 5.74) is 5.44. The molecule has 0 atom stereocenters. The highest BCUT2D eigenvalue weighted by Gasteiger charge is 2.16. The fourth-order valence-electron chi connectivity index (χ4n) is 2.33. The van der Waals surface area contributed by atoms with Crippen LogP contribution in [0.15, 0.2) is 47.5 Å². The van der Waals surface area contributed by atoms with Crippen LogP contribution in [-0.2, 0) is 0 Å². The number of anilines is 2. The zero-order valence-electron chi connectivity index (χ0n) is 12.6. The number of halogens is 1. The molecule has 3 aromatic rings. The van der Waals surface area contributed by atoms with Gasteiger partial charge in [-0.15, -0.1) is 0 Å². The zero-order valence-corrected chi connectivity index (χ0v) is 12.6. The summed E-state index contributed by atoms with van der Waals surface area (Å²) in [4.78, 5) is 28.4. The van der Waals surface area contributed by atoms with E-state index < -0.39 is 17.5 Å². The Hall–Kier alpha value is -3.42. The van der Waals surface area contributed by atoms with Crippen molar-refractivity contribution < 1.29 is 14.3 Å². The molecule has 24 heavy (non-hydrogen) atoms. The second-order valence-corrected chi connectivity index (χ2v) is 5.17. The molecule has 2 aromatic heterocycles. The molecule has 0 saturated carbocycles. The van der Waals surface area contributed by atoms with Gasteiger partial charge in [-0.3, -0.25) is 14.3 Å². The van der Waals surface area contributed by atoms with E-state index in [1.165, 1.54) is 30.1 Å². The summed E-state index contributed by atoms with van der Waals surface area (Å²) in [5, 5.41) is 9.53. The molecular formula is C16H13FN4O3. The number of carbonyl (C=O) groups is 1. The Labute approximate surface area is 135 Å². The minimum absolute atomic E-state index is 0.121. The maximum absolute atomic E-state index is 14.2. The van der Waals surface area contributed by atoms with Crippen LogP contribution in [0.5, 0.6) is 0 Å². The highest BCUT2D eigenvalue weighted by molar-refractivity contribution is 5.91. The van der Waals surface area contributed by atoms with Crippen LogP contribution in [0.3, 0.4) is 0 Å². The predicted molar refractivity (Wildman–Crippen MR) is 88.1 cm³/mol. The Kier molecular flexibility index (Phi) is 3.64. The molecule has 1 amide bonds. The lowest BCUT2D eigenvalue weighted by molar-refractivity contribution is 0.203. The third-order valence-corrected chi connectivity index (χ3v) is 3.64. The van der Waals surface area contributed by atoms with Crippen LogP contribution in [0.2, 0.25) is 0 Å². The van der Waals surface area contributed by atoms with Gasteiger partial charge in [0.15, 0.2) is 0 Å². The Morgan fingerprint density at radius 2 is 2.08 bits per heavy atom. The Morgan fingerprint density at radius 3 is 2.71 bits per heavy atom. The van der Waals surface area contributed by atoms with E-state index in [1.807, 2.05) is 0 Å². The molecule has 1 aromatic carbocycles. The van der Waals surface area contributed by atoms with E-state index in [0.717, 1.165) is 11.0 Å². The molecule has 3 rings (SSSR count). The molecule has 0 aliphatic heterocycles. The van der Waals surface area contributed by atoms with Gasteiger partial charge >= 0.3 is 6.09 Å².